The van der Waals surface area contributed by atoms with Crippen molar-refractivity contribution in [2.45, 2.75) is 0 Å². The van der Waals surface area contributed by atoms with Gasteiger partial charge in [-0.2, -0.15) is 0 Å². The Bertz CT molecular complexity index is 2070. The molecule has 6 aromatic carbocycles. The van der Waals surface area contributed by atoms with Crippen molar-refractivity contribution in [1.82, 2.24) is 0 Å². The van der Waals surface area contributed by atoms with E-state index in [9.17, 15) is 0 Å². The van der Waals surface area contributed by atoms with Gasteiger partial charge in [0.2, 0.25) is 0 Å². The number of benzene rings is 6. The molecule has 0 saturated heterocycles. The lowest BCUT2D eigenvalue weighted by molar-refractivity contribution is 1.68. The van der Waals surface area contributed by atoms with Crippen molar-refractivity contribution in [2.24, 2.45) is 0 Å². The summed E-state index contributed by atoms with van der Waals surface area (Å²) >= 11 is 0. The number of hydrogen-bond acceptors (Lipinski definition) is 0. The van der Waals surface area contributed by atoms with E-state index in [0.717, 1.165) is 0 Å². The maximum atomic E-state index is 2.36. The van der Waals surface area contributed by atoms with Crippen LogP contribution in [0.3, 0.4) is 0 Å². The summed E-state index contributed by atoms with van der Waals surface area (Å²) in [6.07, 6.45) is 0. The Morgan fingerprint density at radius 2 is 0.500 bits per heavy atom. The first-order chi connectivity index (χ1) is 20.9. The topological polar surface area (TPSA) is 0 Å². The minimum absolute atomic E-state index is 1.30. The van der Waals surface area contributed by atoms with Crippen LogP contribution in [0.2, 0.25) is 0 Å². The molecule has 0 aromatic heterocycles. The second kappa shape index (κ2) is 11.2. The van der Waals surface area contributed by atoms with Crippen LogP contribution < -0.4 is 65.6 Å². The maximum Gasteiger partial charge on any atom is 0.139 e. The van der Waals surface area contributed by atoms with Crippen LogP contribution in [0.25, 0.3) is 54.9 Å². The van der Waals surface area contributed by atoms with E-state index < -0.39 is 0 Å². The van der Waals surface area contributed by atoms with Crippen LogP contribution in [-0.4, -0.2) is 94.2 Å². The van der Waals surface area contributed by atoms with Crippen molar-refractivity contribution in [2.75, 3.05) is 0 Å². The van der Waals surface area contributed by atoms with E-state index in [1.807, 2.05) is 0 Å². The van der Waals surface area contributed by atoms with Crippen molar-refractivity contribution < 1.29 is 0 Å². The summed E-state index contributed by atoms with van der Waals surface area (Å²) in [5.74, 6) is 0. The van der Waals surface area contributed by atoms with Gasteiger partial charge in [0.25, 0.3) is 0 Å². The molecule has 0 bridgehead atoms. The van der Waals surface area contributed by atoms with E-state index in [-0.39, 0.29) is 0 Å². The first-order valence-corrected chi connectivity index (χ1v) is 16.1. The zero-order valence-electron chi connectivity index (χ0n) is 28.8. The van der Waals surface area contributed by atoms with Crippen LogP contribution in [0.1, 0.15) is 0 Å². The largest absolute Gasteiger partial charge is 0.139 e. The highest BCUT2D eigenvalue weighted by Crippen LogP contribution is 2.39. The molecule has 198 valence electrons. The molecule has 0 atom stereocenters. The summed E-state index contributed by atoms with van der Waals surface area (Å²) < 4.78 is 0. The average Bonchev–Trinajstić information content (AvgIpc) is 3.03. The minimum atomic E-state index is 1.30. The monoisotopic (exact) mass is 550 g/mol. The normalized spacial score (nSPS) is 11.4. The Balaban J connectivity index is 1.99. The van der Waals surface area contributed by atoms with Crippen LogP contribution in [0.5, 0.6) is 0 Å². The van der Waals surface area contributed by atoms with Gasteiger partial charge in [-0.05, 0) is 54.9 Å². The van der Waals surface area contributed by atoms with Crippen molar-refractivity contribution in [3.8, 4) is 33.4 Å². The van der Waals surface area contributed by atoms with Crippen LogP contribution in [0.15, 0.2) is 60.7 Å². The highest BCUT2D eigenvalue weighted by Gasteiger charge is 2.27. The van der Waals surface area contributed by atoms with E-state index in [0.29, 0.717) is 0 Å². The molecule has 0 unspecified atom stereocenters. The van der Waals surface area contributed by atoms with Crippen molar-refractivity contribution >= 4 is 181 Å². The van der Waals surface area contributed by atoms with Gasteiger partial charge in [-0.1, -0.05) is 104 Å². The molecule has 0 nitrogen and oxygen atoms in total. The van der Waals surface area contributed by atoms with Gasteiger partial charge in [0.15, 0.2) is 0 Å². The molecule has 0 aliphatic heterocycles. The molecule has 6 rings (SSSR count). The van der Waals surface area contributed by atoms with Crippen LogP contribution in [0, 0.1) is 0 Å². The summed E-state index contributed by atoms with van der Waals surface area (Å²) in [6, 6.07) is 22.1. The summed E-state index contributed by atoms with van der Waals surface area (Å²) in [5.41, 5.74) is 24.9. The van der Waals surface area contributed by atoms with E-state index in [1.165, 1.54) is 120 Å². The quantitative estimate of drug-likeness (QED) is 0.152. The van der Waals surface area contributed by atoms with Gasteiger partial charge < -0.3 is 0 Å². The molecule has 0 N–H and O–H groups in total. The third-order valence-corrected chi connectivity index (χ3v) is 11.4. The summed E-state index contributed by atoms with van der Waals surface area (Å²) in [5, 5.41) is 5.65. The number of rotatable bonds is 3. The molecule has 0 heterocycles. The highest BCUT2D eigenvalue weighted by molar-refractivity contribution is 6.72. The molecule has 12 heteroatoms. The molecule has 0 fully saturated rings. The SMILES string of the molecule is Bc1c(B)c(-c2c3c(B)c(B)c(B)c(B)c3c(-c3ccccc3)c3c(B)c(B)c(B)c(B)c23)c(B)c(B)c1-c1ccccc1. The maximum absolute atomic E-state index is 2.36. The molecule has 0 amide bonds. The Hall–Kier alpha value is -3.38. The van der Waals surface area contributed by atoms with Gasteiger partial charge in [-0.15, -0.1) is 21.9 Å². The second-order valence-corrected chi connectivity index (χ2v) is 13.2. The van der Waals surface area contributed by atoms with E-state index >= 15 is 0 Å². The van der Waals surface area contributed by atoms with Crippen LogP contribution >= 0.6 is 0 Å². The molecule has 0 aliphatic carbocycles. The fourth-order valence-electron chi connectivity index (χ4n) is 7.99. The first-order valence-electron chi connectivity index (χ1n) is 16.1. The molecule has 0 aliphatic rings. The third kappa shape index (κ3) is 4.31. The van der Waals surface area contributed by atoms with E-state index in [2.05, 4.69) is 155 Å². The van der Waals surface area contributed by atoms with Gasteiger partial charge in [0.05, 0.1) is 0 Å². The standard InChI is InChI=1S/C32H34B12/c33-21-14(12-9-5-2-6-10-12)22(34)28(40)20(27(21)39)15-18-16(23(35)29(41)31(43)25(18)37)13(11-7-3-1-4-8-11)17-19(15)26(38)32(44)30(42)24(17)36/h1-10H,33-44H2. The lowest BCUT2D eigenvalue weighted by Crippen LogP contribution is -2.50. The van der Waals surface area contributed by atoms with Crippen LogP contribution in [0.4, 0.5) is 0 Å². The van der Waals surface area contributed by atoms with Crippen molar-refractivity contribution in [3.05, 3.63) is 60.7 Å². The molecule has 6 aromatic rings. The molecule has 44 heavy (non-hydrogen) atoms. The summed E-state index contributed by atoms with van der Waals surface area (Å²) in [7, 11) is 28.1. The summed E-state index contributed by atoms with van der Waals surface area (Å²) in [6.45, 7) is 0. The second-order valence-electron chi connectivity index (χ2n) is 13.2. The minimum Gasteiger partial charge on any atom is -0.101 e. The highest BCUT2D eigenvalue weighted by atomic mass is 14.3. The van der Waals surface area contributed by atoms with Gasteiger partial charge in [-0.3, -0.25) is 0 Å². The van der Waals surface area contributed by atoms with Crippen molar-refractivity contribution in [1.29, 1.82) is 0 Å². The Labute approximate surface area is 274 Å². The lowest BCUT2D eigenvalue weighted by Gasteiger charge is -2.30. The fraction of sp³-hybridized carbons (Fsp3) is 0. The Kier molecular flexibility index (Phi) is 7.80. The molecule has 0 saturated carbocycles. The predicted molar refractivity (Wildman–Crippen MR) is 236 cm³/mol. The van der Waals surface area contributed by atoms with Gasteiger partial charge >= 0.3 is 0 Å². The van der Waals surface area contributed by atoms with Gasteiger partial charge in [0, 0.05) is 0 Å². The Morgan fingerprint density at radius 3 is 0.841 bits per heavy atom. The van der Waals surface area contributed by atoms with E-state index in [4.69, 9.17) is 0 Å². The predicted octanol–water partition coefficient (Wildman–Crippen LogP) is -11.9. The smallest absolute Gasteiger partial charge is 0.101 e. The van der Waals surface area contributed by atoms with Crippen LogP contribution in [-0.2, 0) is 0 Å². The lowest BCUT2D eigenvalue weighted by atomic mass is 9.57. The van der Waals surface area contributed by atoms with Gasteiger partial charge in [0.1, 0.15) is 94.2 Å². The number of hydrogen-bond donors (Lipinski definition) is 0. The first kappa shape index (κ1) is 30.6. The molecule has 0 spiro atoms. The zero-order chi connectivity index (χ0) is 31.8. The summed E-state index contributed by atoms with van der Waals surface area (Å²) in [4.78, 5) is 0. The number of fused-ring (bicyclic) bond motifs is 2. The third-order valence-electron chi connectivity index (χ3n) is 11.4. The van der Waals surface area contributed by atoms with Gasteiger partial charge in [-0.25, -0.2) is 0 Å². The van der Waals surface area contributed by atoms with E-state index in [1.54, 1.807) is 0 Å². The average molecular weight is 548 g/mol. The molecule has 0 radical (unpaired) electrons. The Morgan fingerprint density at radius 1 is 0.227 bits per heavy atom. The fourth-order valence-corrected chi connectivity index (χ4v) is 7.99. The molecular weight excluding hydrogens is 514 g/mol. The van der Waals surface area contributed by atoms with Crippen molar-refractivity contribution in [3.63, 3.8) is 0 Å². The zero-order valence-corrected chi connectivity index (χ0v) is 28.8. The molecular formula is C32H34B12.